The maximum absolute atomic E-state index is 3.78. The number of hydrogen-bond acceptors (Lipinski definition) is 0. The molecule has 2 rings (SSSR count). The molecule has 1 nitrogen and oxygen atoms in total. The van der Waals surface area contributed by atoms with Crippen LogP contribution in [-0.2, 0) is 7.05 Å². The summed E-state index contributed by atoms with van der Waals surface area (Å²) in [7, 11) is 2.05. The number of halogens is 1. The Balaban J connectivity index is 0.000000980. The largest absolute Gasteiger partial charge is 1.00 e. The van der Waals surface area contributed by atoms with Crippen LogP contribution in [0.1, 0.15) is 5.69 Å². The van der Waals surface area contributed by atoms with Gasteiger partial charge in [0.1, 0.15) is 7.05 Å². The van der Waals surface area contributed by atoms with E-state index < -0.39 is 0 Å². The predicted molar refractivity (Wildman–Crippen MR) is 55.2 cm³/mol. The standard InChI is InChI=1S/C12H12N.HI/c1-3-11-9-8-10-6-4-5-7-12(10)13(11)2;/h3-9H,1H2,2H3;1H/q+1;/p-1. The maximum Gasteiger partial charge on any atom is 0.212 e. The van der Waals surface area contributed by atoms with Crippen LogP contribution in [0.4, 0.5) is 0 Å². The second kappa shape index (κ2) is 4.55. The van der Waals surface area contributed by atoms with Gasteiger partial charge in [-0.05, 0) is 12.1 Å². The molecule has 2 heteroatoms. The Bertz CT molecular complexity index is 463. The Morgan fingerprint density at radius 1 is 1.14 bits per heavy atom. The monoisotopic (exact) mass is 297 g/mol. The van der Waals surface area contributed by atoms with E-state index in [1.807, 2.05) is 6.08 Å². The minimum atomic E-state index is 0. The number of hydrogen-bond donors (Lipinski definition) is 0. The van der Waals surface area contributed by atoms with Gasteiger partial charge >= 0.3 is 0 Å². The first-order valence-corrected chi connectivity index (χ1v) is 4.33. The van der Waals surface area contributed by atoms with E-state index in [1.54, 1.807) is 0 Å². The van der Waals surface area contributed by atoms with E-state index in [9.17, 15) is 0 Å². The van der Waals surface area contributed by atoms with Crippen LogP contribution in [0, 0.1) is 0 Å². The zero-order valence-electron chi connectivity index (χ0n) is 8.07. The van der Waals surface area contributed by atoms with Gasteiger partial charge in [0.15, 0.2) is 0 Å². The Kier molecular flexibility index (Phi) is 3.63. The van der Waals surface area contributed by atoms with Crippen LogP contribution in [-0.4, -0.2) is 0 Å². The maximum atomic E-state index is 3.78. The zero-order chi connectivity index (χ0) is 9.26. The van der Waals surface area contributed by atoms with Gasteiger partial charge in [-0.15, -0.1) is 0 Å². The second-order valence-electron chi connectivity index (χ2n) is 3.08. The van der Waals surface area contributed by atoms with E-state index in [4.69, 9.17) is 0 Å². The van der Waals surface area contributed by atoms with Gasteiger partial charge in [0.05, 0.1) is 0 Å². The first kappa shape index (κ1) is 11.2. The first-order valence-electron chi connectivity index (χ1n) is 4.33. The molecule has 0 bridgehead atoms. The minimum absolute atomic E-state index is 0. The van der Waals surface area contributed by atoms with Crippen molar-refractivity contribution in [3.8, 4) is 0 Å². The van der Waals surface area contributed by atoms with Crippen molar-refractivity contribution in [3.63, 3.8) is 0 Å². The number of para-hydroxylation sites is 1. The van der Waals surface area contributed by atoms with E-state index >= 15 is 0 Å². The molecule has 2 aromatic rings. The van der Waals surface area contributed by atoms with E-state index in [0.717, 1.165) is 5.69 Å². The highest BCUT2D eigenvalue weighted by atomic mass is 127. The summed E-state index contributed by atoms with van der Waals surface area (Å²) in [5.41, 5.74) is 2.37. The van der Waals surface area contributed by atoms with Crippen LogP contribution < -0.4 is 28.5 Å². The van der Waals surface area contributed by atoms with Crippen LogP contribution in [0.25, 0.3) is 17.0 Å². The van der Waals surface area contributed by atoms with E-state index in [1.165, 1.54) is 10.9 Å². The predicted octanol–water partition coefficient (Wildman–Crippen LogP) is -0.689. The highest BCUT2D eigenvalue weighted by Gasteiger charge is 2.06. The second-order valence-corrected chi connectivity index (χ2v) is 3.08. The van der Waals surface area contributed by atoms with Gasteiger partial charge in [-0.3, -0.25) is 0 Å². The average Bonchev–Trinajstić information content (AvgIpc) is 2.19. The van der Waals surface area contributed by atoms with E-state index in [0.29, 0.717) is 0 Å². The fourth-order valence-corrected chi connectivity index (χ4v) is 1.56. The summed E-state index contributed by atoms with van der Waals surface area (Å²) < 4.78 is 2.14. The van der Waals surface area contributed by atoms with Gasteiger partial charge in [0.2, 0.25) is 11.2 Å². The number of benzene rings is 1. The van der Waals surface area contributed by atoms with E-state index in [2.05, 4.69) is 54.6 Å². The van der Waals surface area contributed by atoms with Crippen molar-refractivity contribution in [1.82, 2.24) is 0 Å². The normalized spacial score (nSPS) is 9.50. The molecule has 0 unspecified atom stereocenters. The third-order valence-electron chi connectivity index (χ3n) is 2.33. The molecule has 72 valence electrons. The lowest BCUT2D eigenvalue weighted by Crippen LogP contribution is -3.00. The molecule has 0 aliphatic rings. The Hall–Kier alpha value is -0.900. The molecular weight excluding hydrogens is 285 g/mol. The topological polar surface area (TPSA) is 3.88 Å². The van der Waals surface area contributed by atoms with Crippen LogP contribution in [0.15, 0.2) is 43.0 Å². The average molecular weight is 297 g/mol. The van der Waals surface area contributed by atoms with Crippen molar-refractivity contribution in [3.05, 3.63) is 48.7 Å². The molecule has 0 N–H and O–H groups in total. The lowest BCUT2D eigenvalue weighted by molar-refractivity contribution is -0.646. The molecule has 14 heavy (non-hydrogen) atoms. The molecule has 0 atom stereocenters. The van der Waals surface area contributed by atoms with Crippen molar-refractivity contribution in [2.24, 2.45) is 7.05 Å². The number of fused-ring (bicyclic) bond motifs is 1. The van der Waals surface area contributed by atoms with Crippen LogP contribution in [0.3, 0.4) is 0 Å². The first-order chi connectivity index (χ1) is 6.33. The smallest absolute Gasteiger partial charge is 0.212 e. The van der Waals surface area contributed by atoms with Crippen LogP contribution >= 0.6 is 0 Å². The Morgan fingerprint density at radius 3 is 2.57 bits per heavy atom. The lowest BCUT2D eigenvalue weighted by atomic mass is 10.2. The molecule has 0 spiro atoms. The highest BCUT2D eigenvalue weighted by molar-refractivity contribution is 5.75. The van der Waals surface area contributed by atoms with Gasteiger partial charge < -0.3 is 24.0 Å². The summed E-state index contributed by atoms with van der Waals surface area (Å²) in [6.45, 7) is 3.78. The van der Waals surface area contributed by atoms with E-state index in [-0.39, 0.29) is 24.0 Å². The van der Waals surface area contributed by atoms with Crippen molar-refractivity contribution in [2.45, 2.75) is 0 Å². The fraction of sp³-hybridized carbons (Fsp3) is 0.0833. The Labute approximate surface area is 101 Å². The van der Waals surface area contributed by atoms with Crippen molar-refractivity contribution in [1.29, 1.82) is 0 Å². The highest BCUT2D eigenvalue weighted by Crippen LogP contribution is 2.09. The Morgan fingerprint density at radius 2 is 1.86 bits per heavy atom. The van der Waals surface area contributed by atoms with Crippen LogP contribution in [0.2, 0.25) is 0 Å². The molecule has 0 amide bonds. The molecule has 0 saturated heterocycles. The van der Waals surface area contributed by atoms with Crippen molar-refractivity contribution < 1.29 is 28.5 Å². The third-order valence-corrected chi connectivity index (χ3v) is 2.33. The quantitative estimate of drug-likeness (QED) is 0.485. The van der Waals surface area contributed by atoms with Gasteiger partial charge in [0, 0.05) is 23.6 Å². The molecule has 1 aromatic carbocycles. The number of aryl methyl sites for hydroxylation is 1. The number of pyridine rings is 1. The van der Waals surface area contributed by atoms with Gasteiger partial charge in [-0.1, -0.05) is 18.7 Å². The summed E-state index contributed by atoms with van der Waals surface area (Å²) in [6, 6.07) is 12.5. The number of nitrogens with zero attached hydrogens (tertiary/aromatic N) is 1. The zero-order valence-corrected chi connectivity index (χ0v) is 10.2. The molecule has 0 saturated carbocycles. The van der Waals surface area contributed by atoms with Gasteiger partial charge in [0.25, 0.3) is 0 Å². The molecular formula is C12H12IN. The molecule has 0 radical (unpaired) electrons. The molecule has 1 aromatic heterocycles. The fourth-order valence-electron chi connectivity index (χ4n) is 1.56. The number of aromatic nitrogens is 1. The SMILES string of the molecule is C=Cc1ccc2ccccc2[n+]1C.[I-]. The molecule has 0 fully saturated rings. The van der Waals surface area contributed by atoms with Crippen LogP contribution in [0.5, 0.6) is 0 Å². The number of rotatable bonds is 1. The van der Waals surface area contributed by atoms with Gasteiger partial charge in [-0.2, -0.15) is 4.57 Å². The molecule has 0 aliphatic carbocycles. The van der Waals surface area contributed by atoms with Crippen molar-refractivity contribution >= 4 is 17.0 Å². The third kappa shape index (κ3) is 1.80. The molecule has 1 heterocycles. The minimum Gasteiger partial charge on any atom is -1.00 e. The molecule has 0 aliphatic heterocycles. The summed E-state index contributed by atoms with van der Waals surface area (Å²) >= 11 is 0. The summed E-state index contributed by atoms with van der Waals surface area (Å²) in [5, 5.41) is 1.26. The van der Waals surface area contributed by atoms with Crippen molar-refractivity contribution in [2.75, 3.05) is 0 Å². The lowest BCUT2D eigenvalue weighted by Gasteiger charge is -1.98. The van der Waals surface area contributed by atoms with Gasteiger partial charge in [-0.25, -0.2) is 0 Å². The summed E-state index contributed by atoms with van der Waals surface area (Å²) in [4.78, 5) is 0. The summed E-state index contributed by atoms with van der Waals surface area (Å²) in [6.07, 6.45) is 1.87. The summed E-state index contributed by atoms with van der Waals surface area (Å²) in [5.74, 6) is 0.